The van der Waals surface area contributed by atoms with Gasteiger partial charge in [-0.2, -0.15) is 0 Å². The summed E-state index contributed by atoms with van der Waals surface area (Å²) in [5, 5.41) is 6.11. The van der Waals surface area contributed by atoms with Gasteiger partial charge in [-0.3, -0.25) is 0 Å². The van der Waals surface area contributed by atoms with E-state index in [-0.39, 0.29) is 0 Å². The summed E-state index contributed by atoms with van der Waals surface area (Å²) in [5.41, 5.74) is 1.59. The van der Waals surface area contributed by atoms with E-state index in [1.165, 1.54) is 45.3 Å². The summed E-state index contributed by atoms with van der Waals surface area (Å²) in [6.07, 6.45) is 5.35. The Hall–Kier alpha value is -0.380. The first kappa shape index (κ1) is 13.6. The summed E-state index contributed by atoms with van der Waals surface area (Å²) in [4.78, 5) is 4.24. The smallest absolute Gasteiger partial charge is 0.0331 e. The van der Waals surface area contributed by atoms with Gasteiger partial charge in [0.05, 0.1) is 0 Å². The summed E-state index contributed by atoms with van der Waals surface area (Å²) >= 11 is 1.94. The third kappa shape index (κ3) is 3.04. The van der Waals surface area contributed by atoms with Crippen LogP contribution in [0.1, 0.15) is 49.6 Å². The van der Waals surface area contributed by atoms with E-state index in [1.807, 2.05) is 11.3 Å². The van der Waals surface area contributed by atoms with Gasteiger partial charge in [-0.1, -0.05) is 0 Å². The fraction of sp³-hybridized carbons (Fsp3) is 0.750. The van der Waals surface area contributed by atoms with Crippen LogP contribution in [0.2, 0.25) is 0 Å². The van der Waals surface area contributed by atoms with Crippen molar-refractivity contribution in [2.75, 3.05) is 19.6 Å². The molecule has 2 heterocycles. The molecule has 0 spiro atoms. The molecule has 2 atom stereocenters. The molecule has 2 aliphatic rings. The molecular formula is C16H26N2S. The van der Waals surface area contributed by atoms with Gasteiger partial charge in [0.25, 0.3) is 0 Å². The van der Waals surface area contributed by atoms with Crippen molar-refractivity contribution in [1.82, 2.24) is 10.2 Å². The number of thiophene rings is 1. The Balaban J connectivity index is 1.52. The lowest BCUT2D eigenvalue weighted by Gasteiger charge is -2.26. The number of likely N-dealkylation sites (tertiary alicyclic amines) is 1. The number of hydrogen-bond donors (Lipinski definition) is 1. The van der Waals surface area contributed by atoms with Crippen LogP contribution in [0.15, 0.2) is 11.4 Å². The fourth-order valence-electron chi connectivity index (χ4n) is 3.51. The van der Waals surface area contributed by atoms with Crippen molar-refractivity contribution in [1.29, 1.82) is 0 Å². The quantitative estimate of drug-likeness (QED) is 0.907. The molecular weight excluding hydrogens is 252 g/mol. The van der Waals surface area contributed by atoms with Gasteiger partial charge in [-0.25, -0.2) is 0 Å². The number of nitrogens with one attached hydrogen (secondary N) is 1. The average Bonchev–Trinajstić information content (AvgIpc) is 3.05. The molecule has 2 unspecified atom stereocenters. The van der Waals surface area contributed by atoms with E-state index in [0.29, 0.717) is 12.1 Å². The van der Waals surface area contributed by atoms with Gasteiger partial charge in [0, 0.05) is 23.5 Å². The predicted octanol–water partition coefficient (Wildman–Crippen LogP) is 3.45. The Morgan fingerprint density at radius 3 is 3.11 bits per heavy atom. The predicted molar refractivity (Wildman–Crippen MR) is 82.8 cm³/mol. The Bertz CT molecular complexity index is 413. The summed E-state index contributed by atoms with van der Waals surface area (Å²) < 4.78 is 0. The first-order chi connectivity index (χ1) is 9.24. The molecule has 1 aromatic rings. The second kappa shape index (κ2) is 5.94. The molecule has 19 heavy (non-hydrogen) atoms. The second-order valence-corrected chi connectivity index (χ2v) is 7.40. The van der Waals surface area contributed by atoms with Gasteiger partial charge in [0.15, 0.2) is 0 Å². The maximum atomic E-state index is 3.85. The summed E-state index contributed by atoms with van der Waals surface area (Å²) in [6, 6.07) is 3.68. The minimum absolute atomic E-state index is 0.628. The first-order valence-corrected chi connectivity index (χ1v) is 8.65. The van der Waals surface area contributed by atoms with Crippen LogP contribution >= 0.6 is 11.3 Å². The number of aryl methyl sites for hydroxylation is 1. The molecule has 1 aliphatic heterocycles. The normalized spacial score (nSPS) is 27.9. The van der Waals surface area contributed by atoms with Crippen LogP contribution in [0.4, 0.5) is 0 Å². The van der Waals surface area contributed by atoms with Crippen LogP contribution in [0.25, 0.3) is 0 Å². The highest BCUT2D eigenvalue weighted by atomic mass is 32.1. The van der Waals surface area contributed by atoms with Gasteiger partial charge in [0.2, 0.25) is 0 Å². The first-order valence-electron chi connectivity index (χ1n) is 7.77. The topological polar surface area (TPSA) is 15.3 Å². The number of fused-ring (bicyclic) bond motifs is 1. The highest BCUT2D eigenvalue weighted by molar-refractivity contribution is 7.10. The van der Waals surface area contributed by atoms with Crippen molar-refractivity contribution in [3.05, 3.63) is 21.9 Å². The molecule has 1 aromatic heterocycles. The standard InChI is InChI=1S/C16H26N2S/c1-12(2)18-8-6-13(11-18)10-17-15-4-3-5-16-14(15)7-9-19-16/h7,9,12-13,15,17H,3-6,8,10-11H2,1-2H3. The highest BCUT2D eigenvalue weighted by Crippen LogP contribution is 2.33. The van der Waals surface area contributed by atoms with E-state index in [1.54, 1.807) is 10.4 Å². The molecule has 3 heteroatoms. The Kier molecular flexibility index (Phi) is 4.25. The van der Waals surface area contributed by atoms with Crippen LogP contribution in [0.3, 0.4) is 0 Å². The SMILES string of the molecule is CC(C)N1CCC(CNC2CCCc3sccc32)C1. The molecule has 2 nitrogen and oxygen atoms in total. The molecule has 1 N–H and O–H groups in total. The minimum atomic E-state index is 0.628. The molecule has 0 saturated carbocycles. The van der Waals surface area contributed by atoms with E-state index in [4.69, 9.17) is 0 Å². The zero-order chi connectivity index (χ0) is 13.2. The zero-order valence-corrected chi connectivity index (χ0v) is 13.0. The minimum Gasteiger partial charge on any atom is -0.310 e. The summed E-state index contributed by atoms with van der Waals surface area (Å²) in [7, 11) is 0. The van der Waals surface area contributed by atoms with E-state index in [2.05, 4.69) is 35.5 Å². The zero-order valence-electron chi connectivity index (χ0n) is 12.2. The van der Waals surface area contributed by atoms with Crippen molar-refractivity contribution in [2.45, 2.75) is 51.6 Å². The number of hydrogen-bond acceptors (Lipinski definition) is 3. The summed E-state index contributed by atoms with van der Waals surface area (Å²) in [6.45, 7) is 8.40. The third-order valence-electron chi connectivity index (χ3n) is 4.75. The van der Waals surface area contributed by atoms with Crippen LogP contribution in [-0.4, -0.2) is 30.6 Å². The Labute approximate surface area is 121 Å². The van der Waals surface area contributed by atoms with Crippen molar-refractivity contribution in [3.63, 3.8) is 0 Å². The second-order valence-electron chi connectivity index (χ2n) is 6.40. The van der Waals surface area contributed by atoms with Crippen molar-refractivity contribution >= 4 is 11.3 Å². The lowest BCUT2D eigenvalue weighted by atomic mass is 9.93. The van der Waals surface area contributed by atoms with E-state index < -0.39 is 0 Å². The largest absolute Gasteiger partial charge is 0.310 e. The Morgan fingerprint density at radius 2 is 2.32 bits per heavy atom. The molecule has 0 radical (unpaired) electrons. The fourth-order valence-corrected chi connectivity index (χ4v) is 4.49. The molecule has 1 fully saturated rings. The lowest BCUT2D eigenvalue weighted by Crippen LogP contribution is -2.32. The molecule has 106 valence electrons. The van der Waals surface area contributed by atoms with Gasteiger partial charge in [-0.15, -0.1) is 11.3 Å². The maximum absolute atomic E-state index is 3.85. The van der Waals surface area contributed by atoms with Crippen LogP contribution in [0.5, 0.6) is 0 Å². The number of nitrogens with zero attached hydrogens (tertiary/aromatic N) is 1. The average molecular weight is 278 g/mol. The molecule has 1 saturated heterocycles. The van der Waals surface area contributed by atoms with Crippen molar-refractivity contribution in [3.8, 4) is 0 Å². The maximum Gasteiger partial charge on any atom is 0.0331 e. The van der Waals surface area contributed by atoms with Crippen molar-refractivity contribution < 1.29 is 0 Å². The lowest BCUT2D eigenvalue weighted by molar-refractivity contribution is 0.262. The Morgan fingerprint density at radius 1 is 1.42 bits per heavy atom. The van der Waals surface area contributed by atoms with E-state index in [0.717, 1.165) is 5.92 Å². The van der Waals surface area contributed by atoms with E-state index in [9.17, 15) is 0 Å². The highest BCUT2D eigenvalue weighted by Gasteiger charge is 2.26. The van der Waals surface area contributed by atoms with E-state index >= 15 is 0 Å². The third-order valence-corrected chi connectivity index (χ3v) is 5.75. The molecule has 0 bridgehead atoms. The molecule has 1 aliphatic carbocycles. The van der Waals surface area contributed by atoms with Gasteiger partial charge < -0.3 is 10.2 Å². The summed E-state index contributed by atoms with van der Waals surface area (Å²) in [5.74, 6) is 0.853. The number of rotatable bonds is 4. The monoisotopic (exact) mass is 278 g/mol. The van der Waals surface area contributed by atoms with Gasteiger partial charge in [-0.05, 0) is 75.5 Å². The van der Waals surface area contributed by atoms with Gasteiger partial charge >= 0.3 is 0 Å². The van der Waals surface area contributed by atoms with Crippen LogP contribution in [0, 0.1) is 5.92 Å². The van der Waals surface area contributed by atoms with Crippen molar-refractivity contribution in [2.24, 2.45) is 5.92 Å². The molecule has 3 rings (SSSR count). The van der Waals surface area contributed by atoms with Gasteiger partial charge in [0.1, 0.15) is 0 Å². The van der Waals surface area contributed by atoms with Crippen LogP contribution in [-0.2, 0) is 6.42 Å². The van der Waals surface area contributed by atoms with Crippen LogP contribution < -0.4 is 5.32 Å². The molecule has 0 aromatic carbocycles. The molecule has 0 amide bonds.